The Morgan fingerprint density at radius 3 is 2.38 bits per heavy atom. The van der Waals surface area contributed by atoms with Crippen molar-refractivity contribution in [2.75, 3.05) is 6.86 Å². The Balaban J connectivity index is 1.91. The summed E-state index contributed by atoms with van der Waals surface area (Å²) in [6.45, 7) is 5.40. The van der Waals surface area contributed by atoms with Crippen molar-refractivity contribution in [3.05, 3.63) is 59.4 Å². The number of nitrogens with zero attached hydrogens (tertiary/aromatic N) is 1. The zero-order valence-electron chi connectivity index (χ0n) is 14.5. The van der Waals surface area contributed by atoms with E-state index in [9.17, 15) is 9.18 Å². The van der Waals surface area contributed by atoms with E-state index in [1.54, 1.807) is 12.1 Å². The summed E-state index contributed by atoms with van der Waals surface area (Å²) in [7, 11) is 0. The molecule has 1 heterocycles. The second-order valence-electron chi connectivity index (χ2n) is 6.39. The third kappa shape index (κ3) is 5.15. The average molecular weight is 329 g/mol. The van der Waals surface area contributed by atoms with Crippen LogP contribution in [0.3, 0.4) is 0 Å². The zero-order chi connectivity index (χ0) is 17.5. The minimum absolute atomic E-state index is 0.0202. The third-order valence-electron chi connectivity index (χ3n) is 4.07. The lowest BCUT2D eigenvalue weighted by Gasteiger charge is -2.11. The van der Waals surface area contributed by atoms with E-state index in [1.165, 1.54) is 11.8 Å². The fourth-order valence-electron chi connectivity index (χ4n) is 2.60. The Kier molecular flexibility index (Phi) is 6.47. The molecule has 0 saturated heterocycles. The molecular weight excluding hydrogens is 305 g/mol. The maximum Gasteiger partial charge on any atom is 0.228 e. The van der Waals surface area contributed by atoms with Crippen molar-refractivity contribution in [3.63, 3.8) is 0 Å². The van der Waals surface area contributed by atoms with Crippen molar-refractivity contribution in [1.82, 2.24) is 4.98 Å². The molecule has 0 fully saturated rings. The molecule has 0 N–H and O–H groups in total. The maximum absolute atomic E-state index is 12.3. The number of alkyl halides is 1. The number of hydrogen-bond acceptors (Lipinski definition) is 3. The molecule has 0 aliphatic carbocycles. The lowest BCUT2D eigenvalue weighted by atomic mass is 9.95. The number of Topliss-reactive ketones (excluding diaryl/α,β-unsaturated/α-hetero) is 1. The van der Waals surface area contributed by atoms with Crippen LogP contribution < -0.4 is 4.74 Å². The number of aromatic nitrogens is 1. The van der Waals surface area contributed by atoms with E-state index >= 15 is 0 Å². The first kappa shape index (κ1) is 18.1. The van der Waals surface area contributed by atoms with E-state index in [0.717, 1.165) is 11.3 Å². The van der Waals surface area contributed by atoms with Crippen molar-refractivity contribution < 1.29 is 13.9 Å². The Bertz CT molecular complexity index is 650. The van der Waals surface area contributed by atoms with Gasteiger partial charge in [-0.1, -0.05) is 45.0 Å². The minimum atomic E-state index is -0.870. The highest BCUT2D eigenvalue weighted by Gasteiger charge is 2.13. The van der Waals surface area contributed by atoms with Gasteiger partial charge in [0.05, 0.1) is 6.20 Å². The molecule has 0 unspecified atom stereocenters. The van der Waals surface area contributed by atoms with Gasteiger partial charge in [0.25, 0.3) is 0 Å². The Labute approximate surface area is 142 Å². The van der Waals surface area contributed by atoms with Gasteiger partial charge in [0, 0.05) is 24.5 Å². The number of ketones is 1. The molecule has 1 aromatic carbocycles. The van der Waals surface area contributed by atoms with Gasteiger partial charge < -0.3 is 4.74 Å². The molecule has 24 heavy (non-hydrogen) atoms. The van der Waals surface area contributed by atoms with Crippen LogP contribution in [-0.2, 0) is 11.2 Å². The molecule has 4 heteroatoms. The van der Waals surface area contributed by atoms with Crippen LogP contribution in [0.4, 0.5) is 4.39 Å². The van der Waals surface area contributed by atoms with Crippen molar-refractivity contribution in [2.45, 2.75) is 45.4 Å². The first-order valence-corrected chi connectivity index (χ1v) is 8.25. The molecule has 2 rings (SSSR count). The van der Waals surface area contributed by atoms with Gasteiger partial charge >= 0.3 is 0 Å². The fourth-order valence-corrected chi connectivity index (χ4v) is 2.60. The summed E-state index contributed by atoms with van der Waals surface area (Å²) in [5.41, 5.74) is 3.13. The molecule has 0 bridgehead atoms. The van der Waals surface area contributed by atoms with E-state index in [1.807, 2.05) is 19.1 Å². The molecule has 0 saturated carbocycles. The second kappa shape index (κ2) is 8.57. The molecule has 0 aliphatic heterocycles. The summed E-state index contributed by atoms with van der Waals surface area (Å²) >= 11 is 0. The van der Waals surface area contributed by atoms with Crippen molar-refractivity contribution >= 4 is 5.78 Å². The van der Waals surface area contributed by atoms with Gasteiger partial charge in [0.2, 0.25) is 6.86 Å². The number of hydrogen-bond donors (Lipinski definition) is 0. The number of carbonyl (C=O) groups excluding carboxylic acids is 1. The van der Waals surface area contributed by atoms with Gasteiger partial charge in [-0.25, -0.2) is 4.39 Å². The van der Waals surface area contributed by atoms with E-state index in [2.05, 4.69) is 31.0 Å². The van der Waals surface area contributed by atoms with Crippen molar-refractivity contribution in [2.24, 2.45) is 0 Å². The van der Waals surface area contributed by atoms with Crippen LogP contribution in [0.15, 0.2) is 42.6 Å². The van der Waals surface area contributed by atoms with Crippen LogP contribution in [0, 0.1) is 0 Å². The normalized spacial score (nSPS) is 12.2. The summed E-state index contributed by atoms with van der Waals surface area (Å²) < 4.78 is 16.8. The van der Waals surface area contributed by atoms with Gasteiger partial charge in [0.15, 0.2) is 0 Å². The largest absolute Gasteiger partial charge is 0.461 e. The highest BCUT2D eigenvalue weighted by atomic mass is 19.1. The molecule has 1 atom stereocenters. The van der Waals surface area contributed by atoms with E-state index in [0.29, 0.717) is 24.5 Å². The van der Waals surface area contributed by atoms with Crippen molar-refractivity contribution in [3.8, 4) is 5.75 Å². The van der Waals surface area contributed by atoms with Gasteiger partial charge in [-0.15, -0.1) is 0 Å². The molecule has 2 aromatic rings. The van der Waals surface area contributed by atoms with Crippen LogP contribution in [-0.4, -0.2) is 17.6 Å². The standard InChI is InChI=1S/C20H24FNO2/c1-14(2)17-6-4-16(5-7-17)11-18(23)10-15(3)20-9-8-19(12-22-20)24-13-21/h4-9,12,14-15H,10-11,13H2,1-3H3/t15-/m0/s1. The summed E-state index contributed by atoms with van der Waals surface area (Å²) in [6, 6.07) is 11.7. The van der Waals surface area contributed by atoms with Crippen LogP contribution >= 0.6 is 0 Å². The van der Waals surface area contributed by atoms with E-state index in [4.69, 9.17) is 4.74 Å². The number of benzene rings is 1. The topological polar surface area (TPSA) is 39.2 Å². The first-order chi connectivity index (χ1) is 11.5. The third-order valence-corrected chi connectivity index (χ3v) is 4.07. The summed E-state index contributed by atoms with van der Waals surface area (Å²) in [5, 5.41) is 0. The molecular formula is C20H24FNO2. The zero-order valence-corrected chi connectivity index (χ0v) is 14.5. The summed E-state index contributed by atoms with van der Waals surface area (Å²) in [4.78, 5) is 16.5. The predicted molar refractivity (Wildman–Crippen MR) is 93.1 cm³/mol. The molecule has 3 nitrogen and oxygen atoms in total. The van der Waals surface area contributed by atoms with E-state index in [-0.39, 0.29) is 11.7 Å². The number of ether oxygens (including phenoxy) is 1. The van der Waals surface area contributed by atoms with E-state index < -0.39 is 6.86 Å². The molecule has 128 valence electrons. The Hall–Kier alpha value is -2.23. The monoisotopic (exact) mass is 329 g/mol. The van der Waals surface area contributed by atoms with Crippen LogP contribution in [0.25, 0.3) is 0 Å². The molecule has 0 aliphatic rings. The molecule has 0 amide bonds. The lowest BCUT2D eigenvalue weighted by molar-refractivity contribution is -0.118. The van der Waals surface area contributed by atoms with Gasteiger partial charge in [-0.2, -0.15) is 0 Å². The SMILES string of the molecule is CC(C)c1ccc(CC(=O)C[C@H](C)c2ccc(OCF)cn2)cc1. The quantitative estimate of drug-likeness (QED) is 0.697. The Morgan fingerprint density at radius 1 is 1.12 bits per heavy atom. The van der Waals surface area contributed by atoms with Crippen LogP contribution in [0.5, 0.6) is 5.75 Å². The maximum atomic E-state index is 12.3. The lowest BCUT2D eigenvalue weighted by Crippen LogP contribution is -2.09. The highest BCUT2D eigenvalue weighted by Crippen LogP contribution is 2.21. The fraction of sp³-hybridized carbons (Fsp3) is 0.400. The summed E-state index contributed by atoms with van der Waals surface area (Å²) in [6.07, 6.45) is 2.36. The molecule has 1 aromatic heterocycles. The van der Waals surface area contributed by atoms with Crippen LogP contribution in [0.2, 0.25) is 0 Å². The average Bonchev–Trinajstić information content (AvgIpc) is 2.56. The second-order valence-corrected chi connectivity index (χ2v) is 6.39. The minimum Gasteiger partial charge on any atom is -0.461 e. The number of rotatable bonds is 8. The van der Waals surface area contributed by atoms with Gasteiger partial charge in [0.1, 0.15) is 11.5 Å². The number of carbonyl (C=O) groups is 1. The first-order valence-electron chi connectivity index (χ1n) is 8.25. The van der Waals surface area contributed by atoms with Gasteiger partial charge in [-0.05, 0) is 29.2 Å². The molecule has 0 radical (unpaired) electrons. The summed E-state index contributed by atoms with van der Waals surface area (Å²) in [5.74, 6) is 1.09. The number of pyridine rings is 1. The highest BCUT2D eigenvalue weighted by molar-refractivity contribution is 5.81. The number of halogens is 1. The van der Waals surface area contributed by atoms with Crippen LogP contribution in [0.1, 0.15) is 55.8 Å². The van der Waals surface area contributed by atoms with Crippen molar-refractivity contribution in [1.29, 1.82) is 0 Å². The Morgan fingerprint density at radius 2 is 1.83 bits per heavy atom. The molecule has 0 spiro atoms. The van der Waals surface area contributed by atoms with Gasteiger partial charge in [-0.3, -0.25) is 9.78 Å². The smallest absolute Gasteiger partial charge is 0.228 e. The predicted octanol–water partition coefficient (Wildman–Crippen LogP) is 4.82.